The Morgan fingerprint density at radius 1 is 1.61 bits per heavy atom. The number of hydrogen-bond donors (Lipinski definition) is 0. The summed E-state index contributed by atoms with van der Waals surface area (Å²) in [6.07, 6.45) is 3.70. The average molecular weight is 314 g/mol. The Bertz CT molecular complexity index is 603. The number of halogens is 1. The number of hydrogen-bond acceptors (Lipinski definition) is 6. The van der Waals surface area contributed by atoms with Gasteiger partial charge in [0.1, 0.15) is 11.0 Å². The predicted molar refractivity (Wildman–Crippen MR) is 62.0 cm³/mol. The van der Waals surface area contributed by atoms with Gasteiger partial charge >= 0.3 is 5.82 Å². The molecule has 9 heteroatoms. The van der Waals surface area contributed by atoms with Crippen molar-refractivity contribution in [3.63, 3.8) is 0 Å². The molecule has 2 aromatic rings. The maximum atomic E-state index is 10.6. The standard InChI is InChI=1S/C9H8BrN5O3/c10-6-3-14(12-9(6)15(16)17)4-7-11-8(13-18-7)5-1-2-5/h3,5H,1-2,4H2. The second-order valence-electron chi connectivity index (χ2n) is 4.08. The van der Waals surface area contributed by atoms with Crippen LogP contribution in [0.3, 0.4) is 0 Å². The molecule has 0 atom stereocenters. The summed E-state index contributed by atoms with van der Waals surface area (Å²) in [7, 11) is 0. The summed E-state index contributed by atoms with van der Waals surface area (Å²) in [4.78, 5) is 14.3. The number of nitro groups is 1. The third-order valence-corrected chi connectivity index (χ3v) is 3.16. The van der Waals surface area contributed by atoms with Crippen LogP contribution < -0.4 is 0 Å². The zero-order valence-corrected chi connectivity index (χ0v) is 10.7. The van der Waals surface area contributed by atoms with E-state index in [1.165, 1.54) is 10.9 Å². The summed E-state index contributed by atoms with van der Waals surface area (Å²) in [5.74, 6) is 1.31. The van der Waals surface area contributed by atoms with E-state index in [1.54, 1.807) is 0 Å². The van der Waals surface area contributed by atoms with Crippen molar-refractivity contribution in [2.75, 3.05) is 0 Å². The van der Waals surface area contributed by atoms with Crippen molar-refractivity contribution in [1.29, 1.82) is 0 Å². The highest BCUT2D eigenvalue weighted by molar-refractivity contribution is 9.10. The first-order valence-corrected chi connectivity index (χ1v) is 6.12. The molecular formula is C9H8BrN5O3. The molecule has 3 rings (SSSR count). The van der Waals surface area contributed by atoms with Crippen LogP contribution in [0.5, 0.6) is 0 Å². The van der Waals surface area contributed by atoms with E-state index in [9.17, 15) is 10.1 Å². The Balaban J connectivity index is 1.78. The molecule has 94 valence electrons. The third kappa shape index (κ3) is 2.13. The van der Waals surface area contributed by atoms with Gasteiger partial charge in [-0.1, -0.05) is 5.16 Å². The predicted octanol–water partition coefficient (Wildman–Crippen LogP) is 1.86. The van der Waals surface area contributed by atoms with Gasteiger partial charge in [-0.25, -0.2) is 0 Å². The number of aromatic nitrogens is 4. The largest absolute Gasteiger partial charge is 0.404 e. The van der Waals surface area contributed by atoms with E-state index >= 15 is 0 Å². The Morgan fingerprint density at radius 2 is 2.39 bits per heavy atom. The van der Waals surface area contributed by atoms with E-state index < -0.39 is 4.92 Å². The highest BCUT2D eigenvalue weighted by atomic mass is 79.9. The van der Waals surface area contributed by atoms with Crippen molar-refractivity contribution in [2.45, 2.75) is 25.3 Å². The zero-order chi connectivity index (χ0) is 12.7. The van der Waals surface area contributed by atoms with Crippen molar-refractivity contribution in [3.05, 3.63) is 32.5 Å². The first-order valence-electron chi connectivity index (χ1n) is 5.33. The normalized spacial score (nSPS) is 14.9. The molecule has 2 aromatic heterocycles. The van der Waals surface area contributed by atoms with Crippen molar-refractivity contribution >= 4 is 21.7 Å². The smallest absolute Gasteiger partial charge is 0.358 e. The molecule has 0 bridgehead atoms. The van der Waals surface area contributed by atoms with Crippen molar-refractivity contribution in [2.24, 2.45) is 0 Å². The lowest BCUT2D eigenvalue weighted by molar-refractivity contribution is -0.390. The quantitative estimate of drug-likeness (QED) is 0.631. The number of rotatable bonds is 4. The molecule has 8 nitrogen and oxygen atoms in total. The molecule has 2 heterocycles. The van der Waals surface area contributed by atoms with Crippen LogP contribution in [0.15, 0.2) is 15.2 Å². The van der Waals surface area contributed by atoms with Crippen molar-refractivity contribution in [3.8, 4) is 0 Å². The van der Waals surface area contributed by atoms with E-state index in [2.05, 4.69) is 31.2 Å². The van der Waals surface area contributed by atoms with Crippen LogP contribution in [0.25, 0.3) is 0 Å². The summed E-state index contributed by atoms with van der Waals surface area (Å²) >= 11 is 3.08. The second-order valence-corrected chi connectivity index (χ2v) is 4.93. The molecule has 0 radical (unpaired) electrons. The van der Waals surface area contributed by atoms with Gasteiger partial charge in [-0.15, -0.1) is 0 Å². The Kier molecular flexibility index (Phi) is 2.62. The van der Waals surface area contributed by atoms with Gasteiger partial charge in [0.05, 0.1) is 11.3 Å². The maximum absolute atomic E-state index is 10.6. The molecule has 0 saturated heterocycles. The Hall–Kier alpha value is -1.77. The maximum Gasteiger partial charge on any atom is 0.404 e. The van der Waals surface area contributed by atoms with Gasteiger partial charge in [-0.3, -0.25) is 0 Å². The molecule has 1 aliphatic rings. The van der Waals surface area contributed by atoms with Gasteiger partial charge in [0, 0.05) is 5.92 Å². The van der Waals surface area contributed by atoms with Crippen LogP contribution in [0.4, 0.5) is 5.82 Å². The van der Waals surface area contributed by atoms with Gasteiger partial charge in [0.25, 0.3) is 0 Å². The molecule has 0 N–H and O–H groups in total. The van der Waals surface area contributed by atoms with Crippen molar-refractivity contribution in [1.82, 2.24) is 19.9 Å². The van der Waals surface area contributed by atoms with Crippen LogP contribution in [-0.4, -0.2) is 24.8 Å². The van der Waals surface area contributed by atoms with Gasteiger partial charge < -0.3 is 14.6 Å². The highest BCUT2D eigenvalue weighted by Gasteiger charge is 2.29. The molecule has 1 saturated carbocycles. The molecule has 1 fully saturated rings. The molecule has 18 heavy (non-hydrogen) atoms. The van der Waals surface area contributed by atoms with Gasteiger partial charge in [0.2, 0.25) is 5.89 Å². The van der Waals surface area contributed by atoms with Gasteiger partial charge in [-0.2, -0.15) is 9.67 Å². The van der Waals surface area contributed by atoms with E-state index in [0.717, 1.165) is 12.8 Å². The van der Waals surface area contributed by atoms with Gasteiger partial charge in [-0.05, 0) is 33.7 Å². The minimum absolute atomic E-state index is 0.225. The lowest BCUT2D eigenvalue weighted by Crippen LogP contribution is -2.01. The molecular weight excluding hydrogens is 306 g/mol. The summed E-state index contributed by atoms with van der Waals surface area (Å²) in [6.45, 7) is 0.228. The van der Waals surface area contributed by atoms with E-state index in [4.69, 9.17) is 4.52 Å². The highest BCUT2D eigenvalue weighted by Crippen LogP contribution is 2.38. The Labute approximate surface area is 109 Å². The molecule has 1 aliphatic carbocycles. The van der Waals surface area contributed by atoms with Crippen LogP contribution in [0.1, 0.15) is 30.5 Å². The topological polar surface area (TPSA) is 99.9 Å². The fourth-order valence-electron chi connectivity index (χ4n) is 1.57. The second kappa shape index (κ2) is 4.16. The minimum atomic E-state index is -0.552. The lowest BCUT2D eigenvalue weighted by atomic mass is 10.4. The SMILES string of the molecule is O=[N+]([O-])c1nn(Cc2nc(C3CC3)no2)cc1Br. The number of nitrogens with zero attached hydrogens (tertiary/aromatic N) is 5. The molecule has 0 amide bonds. The summed E-state index contributed by atoms with van der Waals surface area (Å²) in [5, 5.41) is 18.3. The summed E-state index contributed by atoms with van der Waals surface area (Å²) < 4.78 is 6.80. The first-order chi connectivity index (χ1) is 8.63. The van der Waals surface area contributed by atoms with Crippen molar-refractivity contribution < 1.29 is 9.45 Å². The first kappa shape index (κ1) is 11.3. The Morgan fingerprint density at radius 3 is 3.00 bits per heavy atom. The average Bonchev–Trinajstić information content (AvgIpc) is 2.95. The fraction of sp³-hybridized carbons (Fsp3) is 0.444. The van der Waals surface area contributed by atoms with Crippen LogP contribution in [0, 0.1) is 10.1 Å². The van der Waals surface area contributed by atoms with Gasteiger partial charge in [0.15, 0.2) is 5.82 Å². The monoisotopic (exact) mass is 313 g/mol. The molecule has 0 spiro atoms. The zero-order valence-electron chi connectivity index (χ0n) is 9.11. The minimum Gasteiger partial charge on any atom is -0.358 e. The fourth-order valence-corrected chi connectivity index (χ4v) is 2.03. The van der Waals surface area contributed by atoms with E-state index in [-0.39, 0.29) is 12.4 Å². The summed E-state index contributed by atoms with van der Waals surface area (Å²) in [5.41, 5.74) is 0. The molecule has 0 unspecified atom stereocenters. The molecule has 0 aliphatic heterocycles. The third-order valence-electron chi connectivity index (χ3n) is 2.60. The van der Waals surface area contributed by atoms with Crippen LogP contribution >= 0.6 is 15.9 Å². The summed E-state index contributed by atoms with van der Waals surface area (Å²) in [6, 6.07) is 0. The van der Waals surface area contributed by atoms with E-state index in [1.807, 2.05) is 0 Å². The van der Waals surface area contributed by atoms with Crippen LogP contribution in [0.2, 0.25) is 0 Å². The molecule has 0 aromatic carbocycles. The lowest BCUT2D eigenvalue weighted by Gasteiger charge is -1.88. The van der Waals surface area contributed by atoms with E-state index in [0.29, 0.717) is 22.1 Å². The van der Waals surface area contributed by atoms with Crippen LogP contribution in [-0.2, 0) is 6.54 Å².